The molecule has 2 unspecified atom stereocenters. The average molecular weight is 887 g/mol. The van der Waals surface area contributed by atoms with Gasteiger partial charge in [-0.3, -0.25) is 14.4 Å². The minimum Gasteiger partial charge on any atom is -0.382 e. The molecule has 0 fully saturated rings. The minimum absolute atomic E-state index is 0.00300. The van der Waals surface area contributed by atoms with Crippen molar-refractivity contribution < 1.29 is 29.7 Å². The number of carbonyl (C=O) groups is 3. The number of hydrogen-bond donors (Lipinski definition) is 3. The van der Waals surface area contributed by atoms with Crippen molar-refractivity contribution in [1.82, 2.24) is 0 Å². The van der Waals surface area contributed by atoms with Crippen LogP contribution in [0.15, 0.2) is 24.3 Å². The van der Waals surface area contributed by atoms with E-state index >= 15 is 0 Å². The van der Waals surface area contributed by atoms with Crippen molar-refractivity contribution in [2.24, 2.45) is 0 Å². The van der Waals surface area contributed by atoms with Gasteiger partial charge in [0, 0.05) is 19.3 Å². The van der Waals surface area contributed by atoms with E-state index < -0.39 is 35.2 Å². The Morgan fingerprint density at radius 2 is 0.540 bits per heavy atom. The number of unbranched alkanes of at least 4 members (excludes halogenated alkanes) is 36. The molecule has 0 heterocycles. The zero-order chi connectivity index (χ0) is 46.3. The maximum Gasteiger partial charge on any atom is 0.189 e. The highest BCUT2D eigenvalue weighted by molar-refractivity contribution is 6.01. The second-order valence-electron chi connectivity index (χ2n) is 19.4. The molecular weight excluding hydrogens is 781 g/mol. The summed E-state index contributed by atoms with van der Waals surface area (Å²) in [5.41, 5.74) is -2.81. The molecule has 0 saturated carbocycles. The molecule has 0 saturated heterocycles. The Hall–Kier alpha value is -1.63. The van der Waals surface area contributed by atoms with E-state index in [1.54, 1.807) is 0 Å². The molecule has 0 aliphatic heterocycles. The number of Topliss-reactive ketones (excluding diaryl/α,β-unsaturated/α-hetero) is 3. The van der Waals surface area contributed by atoms with Gasteiger partial charge in [-0.25, -0.2) is 0 Å². The van der Waals surface area contributed by atoms with E-state index in [2.05, 4.69) is 45.1 Å². The SMILES string of the molecule is CCCCCCCC/C=C\CCCCCCCC(=O)C(O)C(O)(C(=O)CCCCCCCCCCCCCCCCC)C(O)C(=O)CCCCCCC/C=C\CCCCCCCC. The Bertz CT molecular complexity index is 1020. The van der Waals surface area contributed by atoms with Crippen LogP contribution < -0.4 is 0 Å². The van der Waals surface area contributed by atoms with Gasteiger partial charge in [-0.1, -0.05) is 238 Å². The van der Waals surface area contributed by atoms with E-state index in [4.69, 9.17) is 0 Å². The second kappa shape index (κ2) is 46.9. The lowest BCUT2D eigenvalue weighted by Gasteiger charge is -2.34. The molecule has 2 atom stereocenters. The first-order valence-electron chi connectivity index (χ1n) is 27.7. The maximum atomic E-state index is 13.6. The number of aliphatic hydroxyl groups excluding tert-OH is 2. The van der Waals surface area contributed by atoms with Crippen LogP contribution in [0.1, 0.15) is 303 Å². The maximum absolute atomic E-state index is 13.6. The topological polar surface area (TPSA) is 112 Å². The number of hydrogen-bond acceptors (Lipinski definition) is 6. The molecular formula is C57H106O6. The van der Waals surface area contributed by atoms with Crippen LogP contribution in [0.2, 0.25) is 0 Å². The normalized spacial score (nSPS) is 13.9. The smallest absolute Gasteiger partial charge is 0.189 e. The fourth-order valence-electron chi connectivity index (χ4n) is 8.82. The number of carbonyl (C=O) groups excluding carboxylic acids is 3. The third-order valence-corrected chi connectivity index (χ3v) is 13.3. The molecule has 6 nitrogen and oxygen atoms in total. The van der Waals surface area contributed by atoms with Crippen molar-refractivity contribution in [2.45, 2.75) is 321 Å². The summed E-state index contributed by atoms with van der Waals surface area (Å²) in [5.74, 6) is -2.14. The Morgan fingerprint density at radius 3 is 0.794 bits per heavy atom. The number of aliphatic hydroxyl groups is 3. The highest BCUT2D eigenvalue weighted by Crippen LogP contribution is 2.26. The molecule has 3 N–H and O–H groups in total. The molecule has 6 heteroatoms. The average Bonchev–Trinajstić information content (AvgIpc) is 3.29. The van der Waals surface area contributed by atoms with Gasteiger partial charge in [-0.2, -0.15) is 0 Å². The van der Waals surface area contributed by atoms with Gasteiger partial charge in [0.25, 0.3) is 0 Å². The van der Waals surface area contributed by atoms with Crippen molar-refractivity contribution in [3.63, 3.8) is 0 Å². The number of ketones is 3. The highest BCUT2D eigenvalue weighted by Gasteiger charge is 2.53. The Balaban J connectivity index is 4.79. The van der Waals surface area contributed by atoms with Crippen LogP contribution in [-0.4, -0.2) is 50.5 Å². The minimum atomic E-state index is -2.81. The third kappa shape index (κ3) is 36.2. The summed E-state index contributed by atoms with van der Waals surface area (Å²) in [7, 11) is 0. The Morgan fingerprint density at radius 1 is 0.333 bits per heavy atom. The van der Waals surface area contributed by atoms with Gasteiger partial charge in [0.1, 0.15) is 0 Å². The highest BCUT2D eigenvalue weighted by atomic mass is 16.4. The lowest BCUT2D eigenvalue weighted by atomic mass is 9.78. The first-order valence-corrected chi connectivity index (χ1v) is 27.7. The van der Waals surface area contributed by atoms with Gasteiger partial charge < -0.3 is 15.3 Å². The van der Waals surface area contributed by atoms with Crippen LogP contribution in [0.3, 0.4) is 0 Å². The fourth-order valence-corrected chi connectivity index (χ4v) is 8.82. The molecule has 63 heavy (non-hydrogen) atoms. The van der Waals surface area contributed by atoms with Crippen LogP contribution in [-0.2, 0) is 14.4 Å². The lowest BCUT2D eigenvalue weighted by Crippen LogP contribution is -2.63. The zero-order valence-corrected chi connectivity index (χ0v) is 42.1. The Kier molecular flexibility index (Phi) is 45.7. The molecule has 370 valence electrons. The van der Waals surface area contributed by atoms with E-state index in [-0.39, 0.29) is 19.3 Å². The molecule has 0 aromatic carbocycles. The van der Waals surface area contributed by atoms with E-state index in [1.165, 1.54) is 148 Å². The van der Waals surface area contributed by atoms with Crippen molar-refractivity contribution in [1.29, 1.82) is 0 Å². The summed E-state index contributed by atoms with van der Waals surface area (Å²) in [5, 5.41) is 34.2. The second-order valence-corrected chi connectivity index (χ2v) is 19.4. The predicted molar refractivity (Wildman–Crippen MR) is 270 cm³/mol. The summed E-state index contributed by atoms with van der Waals surface area (Å²) in [4.78, 5) is 40.2. The quantitative estimate of drug-likeness (QED) is 0.0414. The van der Waals surface area contributed by atoms with Gasteiger partial charge >= 0.3 is 0 Å². The first-order chi connectivity index (χ1) is 30.8. The van der Waals surface area contributed by atoms with Crippen LogP contribution >= 0.6 is 0 Å². The zero-order valence-electron chi connectivity index (χ0n) is 42.1. The van der Waals surface area contributed by atoms with Crippen LogP contribution in [0, 0.1) is 0 Å². The van der Waals surface area contributed by atoms with Gasteiger partial charge in [0.15, 0.2) is 35.2 Å². The standard InChI is InChI=1S/C57H106O6/c1-4-7-10-13-16-19-22-25-28-31-34-37-40-43-46-49-52(58)55(61)57(63,54(60)51-48-45-42-39-36-33-30-27-24-21-18-15-12-9-6-3)56(62)53(59)50-47-44-41-38-35-32-29-26-23-20-17-14-11-8-5-2/h25-26,28-29,55-56,61-63H,4-24,27,30-51H2,1-3H3/b28-25-,29-26-. The summed E-state index contributed by atoms with van der Waals surface area (Å²) in [6, 6.07) is 0. The molecule has 0 bridgehead atoms. The van der Waals surface area contributed by atoms with Gasteiger partial charge in [-0.15, -0.1) is 0 Å². The largest absolute Gasteiger partial charge is 0.382 e. The van der Waals surface area contributed by atoms with E-state index in [0.29, 0.717) is 19.3 Å². The van der Waals surface area contributed by atoms with Crippen LogP contribution in [0.4, 0.5) is 0 Å². The number of rotatable bonds is 51. The summed E-state index contributed by atoms with van der Waals surface area (Å²) in [6.07, 6.45) is 51.8. The third-order valence-electron chi connectivity index (χ3n) is 13.3. The first kappa shape index (κ1) is 61.4. The molecule has 0 radical (unpaired) electrons. The lowest BCUT2D eigenvalue weighted by molar-refractivity contribution is -0.181. The molecule has 0 aromatic heterocycles. The monoisotopic (exact) mass is 887 g/mol. The number of allylic oxidation sites excluding steroid dienone is 4. The molecule has 0 aliphatic rings. The molecule has 0 rings (SSSR count). The van der Waals surface area contributed by atoms with Crippen LogP contribution in [0.5, 0.6) is 0 Å². The molecule has 0 aromatic rings. The van der Waals surface area contributed by atoms with Gasteiger partial charge in [0.2, 0.25) is 0 Å². The van der Waals surface area contributed by atoms with Crippen molar-refractivity contribution >= 4 is 17.3 Å². The fraction of sp³-hybridized carbons (Fsp3) is 0.877. The summed E-state index contributed by atoms with van der Waals surface area (Å²) >= 11 is 0. The van der Waals surface area contributed by atoms with Crippen molar-refractivity contribution in [3.8, 4) is 0 Å². The summed E-state index contributed by atoms with van der Waals surface area (Å²) in [6.45, 7) is 6.75. The molecule has 0 amide bonds. The van der Waals surface area contributed by atoms with E-state index in [1.807, 2.05) is 0 Å². The Labute approximate surface area is 391 Å². The van der Waals surface area contributed by atoms with Gasteiger partial charge in [0.05, 0.1) is 0 Å². The molecule has 0 aliphatic carbocycles. The van der Waals surface area contributed by atoms with Gasteiger partial charge in [-0.05, 0) is 70.6 Å². The van der Waals surface area contributed by atoms with Crippen molar-refractivity contribution in [3.05, 3.63) is 24.3 Å². The predicted octanol–water partition coefficient (Wildman–Crippen LogP) is 16.5. The van der Waals surface area contributed by atoms with Crippen molar-refractivity contribution in [2.75, 3.05) is 0 Å². The van der Waals surface area contributed by atoms with E-state index in [0.717, 1.165) is 96.3 Å². The summed E-state index contributed by atoms with van der Waals surface area (Å²) < 4.78 is 0. The van der Waals surface area contributed by atoms with Crippen LogP contribution in [0.25, 0.3) is 0 Å². The van der Waals surface area contributed by atoms with E-state index in [9.17, 15) is 29.7 Å². The molecule has 0 spiro atoms.